The lowest BCUT2D eigenvalue weighted by atomic mass is 9.94. The maximum atomic E-state index is 5.45. The quantitative estimate of drug-likeness (QED) is 0.165. The fourth-order valence-electron chi connectivity index (χ4n) is 7.44. The molecule has 0 amide bonds. The number of para-hydroxylation sites is 3. The van der Waals surface area contributed by atoms with Crippen LogP contribution in [0, 0.1) is 0 Å². The van der Waals surface area contributed by atoms with Gasteiger partial charge in [-0.2, -0.15) is 0 Å². The summed E-state index contributed by atoms with van der Waals surface area (Å²) in [7, 11) is 0. The Morgan fingerprint density at radius 1 is 0.340 bits per heavy atom. The fourth-order valence-corrected chi connectivity index (χ4v) is 7.44. The van der Waals surface area contributed by atoms with Crippen LogP contribution in [-0.2, 0) is 0 Å². The smallest absolute Gasteiger partial charge is 0.145 e. The molecule has 53 heavy (non-hydrogen) atoms. The van der Waals surface area contributed by atoms with Crippen LogP contribution in [-0.4, -0.2) is 19.5 Å². The molecule has 0 aliphatic heterocycles. The lowest BCUT2D eigenvalue weighted by Crippen LogP contribution is -1.97. The largest absolute Gasteiger partial charge is 0.292 e. The Bertz CT molecular complexity index is 2900. The minimum absolute atomic E-state index is 0.878. The van der Waals surface area contributed by atoms with Crippen LogP contribution in [0.2, 0.25) is 0 Å². The van der Waals surface area contributed by atoms with E-state index in [0.29, 0.717) is 0 Å². The monoisotopic (exact) mass is 676 g/mol. The zero-order chi connectivity index (χ0) is 35.1. The van der Waals surface area contributed by atoms with Gasteiger partial charge < -0.3 is 0 Å². The third-order valence-corrected chi connectivity index (χ3v) is 10.0. The number of fused-ring (bicyclic) bond motifs is 4. The van der Waals surface area contributed by atoms with E-state index in [1.54, 1.807) is 0 Å². The predicted octanol–water partition coefficient (Wildman–Crippen LogP) is 12.5. The molecule has 10 aromatic rings. The summed E-state index contributed by atoms with van der Waals surface area (Å²) in [6.07, 6.45) is 0. The molecule has 0 fully saturated rings. The second kappa shape index (κ2) is 12.9. The highest BCUT2D eigenvalue weighted by Gasteiger charge is 2.18. The van der Waals surface area contributed by atoms with E-state index in [1.807, 2.05) is 18.2 Å². The van der Waals surface area contributed by atoms with Gasteiger partial charge in [-0.25, -0.2) is 15.0 Å². The molecule has 0 atom stereocenters. The summed E-state index contributed by atoms with van der Waals surface area (Å²) in [6.45, 7) is 0. The Kier molecular flexibility index (Phi) is 7.43. The molecule has 0 N–H and O–H groups in total. The molecule has 0 spiro atoms. The maximum absolute atomic E-state index is 5.45. The normalized spacial score (nSPS) is 11.4. The van der Waals surface area contributed by atoms with Crippen LogP contribution < -0.4 is 0 Å². The van der Waals surface area contributed by atoms with Crippen LogP contribution >= 0.6 is 0 Å². The third-order valence-electron chi connectivity index (χ3n) is 10.0. The molecule has 3 heterocycles. The van der Waals surface area contributed by atoms with Gasteiger partial charge in [-0.3, -0.25) is 4.57 Å². The van der Waals surface area contributed by atoms with Gasteiger partial charge in [0.05, 0.1) is 33.5 Å². The number of rotatable bonds is 6. The van der Waals surface area contributed by atoms with Gasteiger partial charge in [0.2, 0.25) is 0 Å². The van der Waals surface area contributed by atoms with Crippen molar-refractivity contribution in [1.29, 1.82) is 0 Å². The topological polar surface area (TPSA) is 43.6 Å². The van der Waals surface area contributed by atoms with Crippen molar-refractivity contribution in [3.63, 3.8) is 0 Å². The number of pyridine rings is 2. The summed E-state index contributed by atoms with van der Waals surface area (Å²) in [5, 5.41) is 2.14. The Morgan fingerprint density at radius 3 is 1.32 bits per heavy atom. The summed E-state index contributed by atoms with van der Waals surface area (Å²) in [4.78, 5) is 15.9. The molecular formula is C49H32N4. The molecule has 0 saturated heterocycles. The summed E-state index contributed by atoms with van der Waals surface area (Å²) in [6, 6.07) is 67.8. The van der Waals surface area contributed by atoms with Crippen molar-refractivity contribution in [2.24, 2.45) is 0 Å². The fraction of sp³-hybridized carbons (Fsp3) is 0. The van der Waals surface area contributed by atoms with Gasteiger partial charge in [0.1, 0.15) is 5.82 Å². The van der Waals surface area contributed by atoms with E-state index in [1.165, 1.54) is 0 Å². The van der Waals surface area contributed by atoms with E-state index in [4.69, 9.17) is 15.0 Å². The molecular weight excluding hydrogens is 645 g/mol. The molecule has 0 aliphatic rings. The van der Waals surface area contributed by atoms with Crippen molar-refractivity contribution in [2.45, 2.75) is 0 Å². The number of hydrogen-bond acceptors (Lipinski definition) is 3. The second-order valence-electron chi connectivity index (χ2n) is 13.2. The van der Waals surface area contributed by atoms with Crippen molar-refractivity contribution >= 4 is 32.8 Å². The summed E-state index contributed by atoms with van der Waals surface area (Å²) >= 11 is 0. The number of aromatic nitrogens is 4. The van der Waals surface area contributed by atoms with Crippen LogP contribution in [0.25, 0.3) is 94.7 Å². The highest BCUT2D eigenvalue weighted by Crippen LogP contribution is 2.40. The number of hydrogen-bond donors (Lipinski definition) is 0. The van der Waals surface area contributed by atoms with E-state index < -0.39 is 0 Å². The van der Waals surface area contributed by atoms with Crippen LogP contribution in [0.1, 0.15) is 0 Å². The predicted molar refractivity (Wildman–Crippen MR) is 219 cm³/mol. The van der Waals surface area contributed by atoms with E-state index in [-0.39, 0.29) is 0 Å². The van der Waals surface area contributed by atoms with Crippen molar-refractivity contribution in [1.82, 2.24) is 19.5 Å². The molecule has 0 unspecified atom stereocenters. The van der Waals surface area contributed by atoms with E-state index in [0.717, 1.165) is 94.7 Å². The molecule has 0 bridgehead atoms. The van der Waals surface area contributed by atoms with Gasteiger partial charge in [0.15, 0.2) is 0 Å². The number of nitrogens with zero attached hydrogens (tertiary/aromatic N) is 4. The lowest BCUT2D eigenvalue weighted by Gasteiger charge is -2.15. The molecule has 248 valence electrons. The maximum Gasteiger partial charge on any atom is 0.145 e. The average molecular weight is 677 g/mol. The van der Waals surface area contributed by atoms with E-state index in [9.17, 15) is 0 Å². The molecule has 7 aromatic carbocycles. The van der Waals surface area contributed by atoms with Gasteiger partial charge in [0.25, 0.3) is 0 Å². The first-order valence-corrected chi connectivity index (χ1v) is 17.9. The van der Waals surface area contributed by atoms with Crippen molar-refractivity contribution in [3.05, 3.63) is 194 Å². The summed E-state index contributed by atoms with van der Waals surface area (Å²) < 4.78 is 2.23. The first kappa shape index (κ1) is 30.6. The van der Waals surface area contributed by atoms with Crippen LogP contribution in [0.3, 0.4) is 0 Å². The van der Waals surface area contributed by atoms with Crippen molar-refractivity contribution < 1.29 is 0 Å². The van der Waals surface area contributed by atoms with Gasteiger partial charge in [-0.15, -0.1) is 0 Å². The SMILES string of the molecule is c1ccc(-c2cc(-c3ccccc3)c3ccc4c(-c5ccccc5)cc(-c5ccc(-c6nc7ccccc7n6-c6ccccc6)cc5)nc4c3n2)cc1. The van der Waals surface area contributed by atoms with Crippen molar-refractivity contribution in [2.75, 3.05) is 0 Å². The van der Waals surface area contributed by atoms with E-state index in [2.05, 4.69) is 180 Å². The Labute approximate surface area is 307 Å². The first-order chi connectivity index (χ1) is 26.3. The lowest BCUT2D eigenvalue weighted by molar-refractivity contribution is 1.10. The number of imidazole rings is 1. The molecule has 10 rings (SSSR count). The molecule has 0 saturated carbocycles. The van der Waals surface area contributed by atoms with Crippen molar-refractivity contribution in [3.8, 4) is 61.8 Å². The Hall–Kier alpha value is -7.17. The first-order valence-electron chi connectivity index (χ1n) is 17.9. The van der Waals surface area contributed by atoms with Gasteiger partial charge in [-0.1, -0.05) is 158 Å². The molecule has 0 aliphatic carbocycles. The molecule has 4 heteroatoms. The Morgan fingerprint density at radius 2 is 0.774 bits per heavy atom. The van der Waals surface area contributed by atoms with Gasteiger partial charge in [-0.05, 0) is 58.7 Å². The number of benzene rings is 7. The highest BCUT2D eigenvalue weighted by molar-refractivity contribution is 6.13. The van der Waals surface area contributed by atoms with Crippen LogP contribution in [0.4, 0.5) is 0 Å². The van der Waals surface area contributed by atoms with Gasteiger partial charge in [0, 0.05) is 33.2 Å². The molecule has 3 aromatic heterocycles. The zero-order valence-corrected chi connectivity index (χ0v) is 28.8. The molecule has 0 radical (unpaired) electrons. The standard InChI is InChI=1S/C49H32N4/c1-5-15-33(16-6-1)41-31-44(35-19-9-3-10-20-35)50-47-39(41)29-30-40-42(34-17-7-2-8-18-34)32-45(51-48(40)47)36-25-27-37(28-26-36)49-52-43-23-13-14-24-46(43)53(49)38-21-11-4-12-22-38/h1-32H. The third kappa shape index (κ3) is 5.45. The van der Waals surface area contributed by atoms with Gasteiger partial charge >= 0.3 is 0 Å². The minimum Gasteiger partial charge on any atom is -0.292 e. The highest BCUT2D eigenvalue weighted by atomic mass is 15.1. The van der Waals surface area contributed by atoms with E-state index >= 15 is 0 Å². The second-order valence-corrected chi connectivity index (χ2v) is 13.2. The average Bonchev–Trinajstić information content (AvgIpc) is 3.64. The Balaban J connectivity index is 1.19. The summed E-state index contributed by atoms with van der Waals surface area (Å²) in [5.41, 5.74) is 14.3. The van der Waals surface area contributed by atoms with Crippen LogP contribution in [0.15, 0.2) is 194 Å². The molecule has 4 nitrogen and oxygen atoms in total. The van der Waals surface area contributed by atoms with Crippen LogP contribution in [0.5, 0.6) is 0 Å². The summed E-state index contributed by atoms with van der Waals surface area (Å²) in [5.74, 6) is 0.900. The zero-order valence-electron chi connectivity index (χ0n) is 28.8. The minimum atomic E-state index is 0.878.